The highest BCUT2D eigenvalue weighted by Crippen LogP contribution is 2.06. The van der Waals surface area contributed by atoms with Gasteiger partial charge in [-0.25, -0.2) is 10.6 Å². The van der Waals surface area contributed by atoms with Crippen molar-refractivity contribution in [2.24, 2.45) is 11.8 Å². The smallest absolute Gasteiger partial charge is 0.408 e. The summed E-state index contributed by atoms with van der Waals surface area (Å²) >= 11 is 0. The molecule has 0 unspecified atom stereocenters. The van der Waals surface area contributed by atoms with E-state index in [0.717, 1.165) is 5.56 Å². The number of benzene rings is 1. The first kappa shape index (κ1) is 16.0. The van der Waals surface area contributed by atoms with Crippen LogP contribution in [0.4, 0.5) is 4.79 Å². The Morgan fingerprint density at radius 3 is 2.45 bits per heavy atom. The zero-order chi connectivity index (χ0) is 15.0. The molecule has 1 atom stereocenters. The third-order valence-corrected chi connectivity index (χ3v) is 2.67. The molecule has 0 fully saturated rings. The normalized spacial score (nSPS) is 11.8. The van der Waals surface area contributed by atoms with Gasteiger partial charge in [0.2, 0.25) is 0 Å². The van der Waals surface area contributed by atoms with Gasteiger partial charge in [0.25, 0.3) is 5.91 Å². The van der Waals surface area contributed by atoms with Crippen molar-refractivity contribution in [2.45, 2.75) is 32.9 Å². The summed E-state index contributed by atoms with van der Waals surface area (Å²) in [6.07, 6.45) is -0.146. The third kappa shape index (κ3) is 5.71. The van der Waals surface area contributed by atoms with E-state index in [4.69, 9.17) is 10.6 Å². The van der Waals surface area contributed by atoms with Crippen molar-refractivity contribution in [3.8, 4) is 0 Å². The number of rotatable bonds is 6. The fourth-order valence-corrected chi connectivity index (χ4v) is 1.71. The number of nitrogens with two attached hydrogens (primary N) is 1. The second kappa shape index (κ2) is 8.16. The van der Waals surface area contributed by atoms with Crippen molar-refractivity contribution >= 4 is 12.0 Å². The summed E-state index contributed by atoms with van der Waals surface area (Å²) in [4.78, 5) is 23.2. The summed E-state index contributed by atoms with van der Waals surface area (Å²) in [7, 11) is 0. The van der Waals surface area contributed by atoms with Gasteiger partial charge >= 0.3 is 6.09 Å². The molecule has 0 bridgehead atoms. The van der Waals surface area contributed by atoms with Gasteiger partial charge in [0.15, 0.2) is 0 Å². The molecule has 2 amide bonds. The van der Waals surface area contributed by atoms with E-state index in [1.807, 2.05) is 49.6 Å². The fraction of sp³-hybridized carbons (Fsp3) is 0.429. The van der Waals surface area contributed by atoms with Crippen LogP contribution in [0.3, 0.4) is 0 Å². The zero-order valence-corrected chi connectivity index (χ0v) is 11.8. The first-order valence-corrected chi connectivity index (χ1v) is 6.50. The van der Waals surface area contributed by atoms with Gasteiger partial charge in [-0.15, -0.1) is 0 Å². The molecule has 4 N–H and O–H groups in total. The Hall–Kier alpha value is -2.08. The molecule has 0 saturated carbocycles. The quantitative estimate of drug-likeness (QED) is 0.416. The predicted octanol–water partition coefficient (Wildman–Crippen LogP) is 1.32. The lowest BCUT2D eigenvalue weighted by Crippen LogP contribution is -2.49. The standard InChI is InChI=1S/C14H21N3O3/c1-10(2)8-12(13(18)17-15)16-14(19)20-9-11-6-4-3-5-7-11/h3-7,10,12H,8-9,15H2,1-2H3,(H,16,19)(H,17,18)/t12-/m1/s1. The molecule has 1 aromatic carbocycles. The Labute approximate surface area is 118 Å². The Kier molecular flexibility index (Phi) is 6.52. The van der Waals surface area contributed by atoms with Gasteiger partial charge in [0, 0.05) is 0 Å². The summed E-state index contributed by atoms with van der Waals surface area (Å²) in [6, 6.07) is 8.62. The molecule has 0 spiro atoms. The van der Waals surface area contributed by atoms with Crippen molar-refractivity contribution in [3.05, 3.63) is 35.9 Å². The van der Waals surface area contributed by atoms with E-state index in [2.05, 4.69) is 5.32 Å². The number of alkyl carbamates (subject to hydrolysis) is 1. The predicted molar refractivity (Wildman–Crippen MR) is 75.3 cm³/mol. The second-order valence-electron chi connectivity index (χ2n) is 4.90. The molecule has 0 aliphatic heterocycles. The summed E-state index contributed by atoms with van der Waals surface area (Å²) in [5, 5.41) is 2.52. The van der Waals surface area contributed by atoms with Crippen LogP contribution in [0.25, 0.3) is 0 Å². The molecule has 20 heavy (non-hydrogen) atoms. The molecule has 6 nitrogen and oxygen atoms in total. The molecule has 0 aromatic heterocycles. The van der Waals surface area contributed by atoms with E-state index in [9.17, 15) is 9.59 Å². The van der Waals surface area contributed by atoms with Crippen molar-refractivity contribution < 1.29 is 14.3 Å². The number of carbonyl (C=O) groups is 2. The molecular formula is C14H21N3O3. The van der Waals surface area contributed by atoms with Gasteiger partial charge in [-0.05, 0) is 17.9 Å². The summed E-state index contributed by atoms with van der Waals surface area (Å²) < 4.78 is 5.06. The zero-order valence-electron chi connectivity index (χ0n) is 11.8. The Morgan fingerprint density at radius 1 is 1.25 bits per heavy atom. The van der Waals surface area contributed by atoms with Crippen LogP contribution >= 0.6 is 0 Å². The summed E-state index contributed by atoms with van der Waals surface area (Å²) in [5.74, 6) is 4.91. The van der Waals surface area contributed by atoms with Crippen LogP contribution in [-0.2, 0) is 16.1 Å². The monoisotopic (exact) mass is 279 g/mol. The third-order valence-electron chi connectivity index (χ3n) is 2.67. The summed E-state index contributed by atoms with van der Waals surface area (Å²) in [5.41, 5.74) is 2.92. The molecule has 6 heteroatoms. The minimum Gasteiger partial charge on any atom is -0.445 e. The first-order valence-electron chi connectivity index (χ1n) is 6.50. The van der Waals surface area contributed by atoms with E-state index < -0.39 is 18.0 Å². The number of ether oxygens (including phenoxy) is 1. The molecule has 110 valence electrons. The van der Waals surface area contributed by atoms with Crippen molar-refractivity contribution in [2.75, 3.05) is 0 Å². The van der Waals surface area contributed by atoms with Crippen LogP contribution in [0.1, 0.15) is 25.8 Å². The van der Waals surface area contributed by atoms with Gasteiger partial charge in [-0.3, -0.25) is 10.2 Å². The van der Waals surface area contributed by atoms with Gasteiger partial charge < -0.3 is 10.1 Å². The molecule has 0 heterocycles. The van der Waals surface area contributed by atoms with Crippen LogP contribution < -0.4 is 16.6 Å². The van der Waals surface area contributed by atoms with Crippen LogP contribution in [0.5, 0.6) is 0 Å². The lowest BCUT2D eigenvalue weighted by atomic mass is 10.0. The number of carbonyl (C=O) groups excluding carboxylic acids is 2. The molecule has 0 aliphatic carbocycles. The number of hydrazine groups is 1. The van der Waals surface area contributed by atoms with E-state index in [0.29, 0.717) is 6.42 Å². The minimum atomic E-state index is -0.691. The molecule has 0 radical (unpaired) electrons. The summed E-state index contributed by atoms with van der Waals surface area (Å²) in [6.45, 7) is 4.06. The minimum absolute atomic E-state index is 0.158. The van der Waals surface area contributed by atoms with Crippen LogP contribution in [0.15, 0.2) is 30.3 Å². The highest BCUT2D eigenvalue weighted by Gasteiger charge is 2.21. The molecule has 0 aliphatic rings. The van der Waals surface area contributed by atoms with Gasteiger partial charge in [0.05, 0.1) is 0 Å². The lowest BCUT2D eigenvalue weighted by molar-refractivity contribution is -0.123. The van der Waals surface area contributed by atoms with Gasteiger partial charge in [-0.2, -0.15) is 0 Å². The number of hydrogen-bond acceptors (Lipinski definition) is 4. The molecular weight excluding hydrogens is 258 g/mol. The lowest BCUT2D eigenvalue weighted by Gasteiger charge is -2.18. The van der Waals surface area contributed by atoms with Crippen molar-refractivity contribution in [3.63, 3.8) is 0 Å². The first-order chi connectivity index (χ1) is 9.52. The SMILES string of the molecule is CC(C)C[C@@H](NC(=O)OCc1ccccc1)C(=O)NN. The van der Waals surface area contributed by atoms with Gasteiger partial charge in [-0.1, -0.05) is 44.2 Å². The van der Waals surface area contributed by atoms with E-state index in [-0.39, 0.29) is 12.5 Å². The highest BCUT2D eigenvalue weighted by atomic mass is 16.5. The van der Waals surface area contributed by atoms with Crippen LogP contribution in [0, 0.1) is 5.92 Å². The second-order valence-corrected chi connectivity index (χ2v) is 4.90. The van der Waals surface area contributed by atoms with E-state index >= 15 is 0 Å². The van der Waals surface area contributed by atoms with Crippen molar-refractivity contribution in [1.29, 1.82) is 0 Å². The molecule has 1 rings (SSSR count). The maximum Gasteiger partial charge on any atom is 0.408 e. The van der Waals surface area contributed by atoms with E-state index in [1.165, 1.54) is 0 Å². The molecule has 1 aromatic rings. The number of hydrogen-bond donors (Lipinski definition) is 3. The highest BCUT2D eigenvalue weighted by molar-refractivity contribution is 5.85. The maximum atomic E-state index is 11.7. The maximum absolute atomic E-state index is 11.7. The topological polar surface area (TPSA) is 93.4 Å². The van der Waals surface area contributed by atoms with E-state index in [1.54, 1.807) is 0 Å². The number of nitrogens with one attached hydrogen (secondary N) is 2. The fourth-order valence-electron chi connectivity index (χ4n) is 1.71. The average molecular weight is 279 g/mol. The Morgan fingerprint density at radius 2 is 1.90 bits per heavy atom. The van der Waals surface area contributed by atoms with Gasteiger partial charge in [0.1, 0.15) is 12.6 Å². The largest absolute Gasteiger partial charge is 0.445 e. The number of amides is 2. The van der Waals surface area contributed by atoms with Crippen LogP contribution in [0.2, 0.25) is 0 Å². The Balaban J connectivity index is 2.47. The van der Waals surface area contributed by atoms with Crippen LogP contribution in [-0.4, -0.2) is 18.0 Å². The molecule has 0 saturated heterocycles. The Bertz CT molecular complexity index is 435. The van der Waals surface area contributed by atoms with Crippen molar-refractivity contribution in [1.82, 2.24) is 10.7 Å². The average Bonchev–Trinajstić information content (AvgIpc) is 2.44.